The van der Waals surface area contributed by atoms with Crippen molar-refractivity contribution < 1.29 is 9.42 Å². The number of hydrogen-bond acceptors (Lipinski definition) is 7. The molecule has 3 heterocycles. The Kier molecular flexibility index (Phi) is 3.41. The summed E-state index contributed by atoms with van der Waals surface area (Å²) in [7, 11) is 0. The molecule has 1 aliphatic carbocycles. The molecule has 1 aliphatic heterocycles. The minimum absolute atomic E-state index is 0.297. The summed E-state index contributed by atoms with van der Waals surface area (Å²) in [5.74, 6) is 0.628. The Hall–Kier alpha value is -2.22. The van der Waals surface area contributed by atoms with Crippen molar-refractivity contribution in [3.8, 4) is 0 Å². The van der Waals surface area contributed by atoms with E-state index in [4.69, 9.17) is 10.4 Å². The molecule has 23 heavy (non-hydrogen) atoms. The van der Waals surface area contributed by atoms with E-state index < -0.39 is 0 Å². The quantitative estimate of drug-likeness (QED) is 0.883. The number of amides is 1. The average Bonchev–Trinajstić information content (AvgIpc) is 3.30. The van der Waals surface area contributed by atoms with Gasteiger partial charge in [0.25, 0.3) is 0 Å². The molecule has 8 heteroatoms. The molecule has 122 valence electrons. The maximum atomic E-state index is 12.1. The van der Waals surface area contributed by atoms with Crippen LogP contribution in [0.2, 0.25) is 0 Å². The van der Waals surface area contributed by atoms with Gasteiger partial charge in [-0.1, -0.05) is 0 Å². The lowest BCUT2D eigenvalue weighted by atomic mass is 10.1. The summed E-state index contributed by atoms with van der Waals surface area (Å²) in [5.41, 5.74) is 9.59. The highest BCUT2D eigenvalue weighted by molar-refractivity contribution is 5.85. The van der Waals surface area contributed by atoms with Crippen molar-refractivity contribution in [3.63, 3.8) is 0 Å². The fourth-order valence-corrected chi connectivity index (χ4v) is 3.13. The summed E-state index contributed by atoms with van der Waals surface area (Å²) < 4.78 is 4.71. The van der Waals surface area contributed by atoms with E-state index in [1.807, 2.05) is 11.8 Å². The molecule has 1 saturated carbocycles. The van der Waals surface area contributed by atoms with E-state index in [-0.39, 0.29) is 0 Å². The Bertz CT molecular complexity index is 746. The van der Waals surface area contributed by atoms with Crippen molar-refractivity contribution >= 4 is 22.8 Å². The fraction of sp³-hybridized carbons (Fsp3) is 0.600. The van der Waals surface area contributed by atoms with Gasteiger partial charge >= 0.3 is 0 Å². The van der Waals surface area contributed by atoms with Crippen LogP contribution in [0.15, 0.2) is 4.63 Å². The molecule has 0 atom stereocenters. The maximum absolute atomic E-state index is 12.1. The van der Waals surface area contributed by atoms with E-state index in [2.05, 4.69) is 20.2 Å². The average molecular weight is 316 g/mol. The molecule has 4 rings (SSSR count). The maximum Gasteiger partial charge on any atom is 0.226 e. The molecule has 8 nitrogen and oxygen atoms in total. The molecule has 0 bridgehead atoms. The number of carbonyl (C=O) groups excluding carboxylic acids is 1. The molecule has 0 unspecified atom stereocenters. The largest absolute Gasteiger partial charge is 0.396 e. The molecule has 2 aliphatic rings. The van der Waals surface area contributed by atoms with Gasteiger partial charge < -0.3 is 10.6 Å². The Morgan fingerprint density at radius 1 is 1.26 bits per heavy atom. The van der Waals surface area contributed by atoms with Crippen molar-refractivity contribution in [1.82, 2.24) is 25.1 Å². The lowest BCUT2D eigenvalue weighted by Gasteiger charge is -2.35. The highest BCUT2D eigenvalue weighted by Gasteiger charge is 2.34. The number of carbonyl (C=O) groups is 1. The molecule has 2 aromatic rings. The molecule has 1 saturated heterocycles. The monoisotopic (exact) mass is 316 g/mol. The van der Waals surface area contributed by atoms with Crippen LogP contribution in [-0.2, 0) is 11.3 Å². The van der Waals surface area contributed by atoms with Gasteiger partial charge in [0.15, 0.2) is 5.52 Å². The van der Waals surface area contributed by atoms with Gasteiger partial charge in [-0.2, -0.15) is 0 Å². The third-order valence-corrected chi connectivity index (χ3v) is 4.75. The molecule has 2 fully saturated rings. The van der Waals surface area contributed by atoms with E-state index in [0.29, 0.717) is 35.2 Å². The van der Waals surface area contributed by atoms with Crippen LogP contribution in [0, 0.1) is 12.8 Å². The van der Waals surface area contributed by atoms with Gasteiger partial charge in [-0.15, -0.1) is 0 Å². The van der Waals surface area contributed by atoms with Crippen LogP contribution in [0.4, 0.5) is 5.69 Å². The summed E-state index contributed by atoms with van der Waals surface area (Å²) in [6, 6.07) is 0. The van der Waals surface area contributed by atoms with Crippen LogP contribution >= 0.6 is 0 Å². The summed E-state index contributed by atoms with van der Waals surface area (Å²) in [4.78, 5) is 20.8. The predicted molar refractivity (Wildman–Crippen MR) is 83.3 cm³/mol. The van der Waals surface area contributed by atoms with Crippen molar-refractivity contribution in [2.75, 3.05) is 31.9 Å². The molecule has 2 aromatic heterocycles. The number of hydrogen-bond donors (Lipinski definition) is 1. The molecule has 0 spiro atoms. The lowest BCUT2D eigenvalue weighted by Crippen LogP contribution is -2.48. The lowest BCUT2D eigenvalue weighted by molar-refractivity contribution is -0.134. The number of piperazine rings is 1. The Balaban J connectivity index is 1.46. The number of rotatable bonds is 3. The number of anilines is 1. The summed E-state index contributed by atoms with van der Waals surface area (Å²) in [5, 5.41) is 7.57. The molecular formula is C15H20N6O2. The van der Waals surface area contributed by atoms with Crippen LogP contribution < -0.4 is 5.73 Å². The smallest absolute Gasteiger partial charge is 0.226 e. The van der Waals surface area contributed by atoms with Gasteiger partial charge in [-0.25, -0.2) is 9.61 Å². The van der Waals surface area contributed by atoms with E-state index in [1.54, 1.807) is 0 Å². The zero-order valence-corrected chi connectivity index (χ0v) is 13.2. The van der Waals surface area contributed by atoms with E-state index in [0.717, 1.165) is 50.3 Å². The zero-order chi connectivity index (χ0) is 16.0. The number of nitrogens with two attached hydrogens (primary N) is 1. The van der Waals surface area contributed by atoms with E-state index >= 15 is 0 Å². The molecule has 0 aromatic carbocycles. The Morgan fingerprint density at radius 3 is 2.70 bits per heavy atom. The predicted octanol–water partition coefficient (Wildman–Crippen LogP) is 0.563. The SMILES string of the molecule is Cc1nc2nonc2c(N)c1CN1CCN(C(=O)C2CC2)CC1. The number of nitrogen functional groups attached to an aromatic ring is 1. The van der Waals surface area contributed by atoms with Crippen molar-refractivity contribution in [2.24, 2.45) is 5.92 Å². The standard InChI is InChI=1S/C15H20N6O2/c1-9-11(12(16)13-14(17-9)19-23-18-13)8-20-4-6-21(7-5-20)15(22)10-2-3-10/h10H,2-8,16H2,1H3. The van der Waals surface area contributed by atoms with Crippen LogP contribution in [0.5, 0.6) is 0 Å². The van der Waals surface area contributed by atoms with E-state index in [1.165, 1.54) is 0 Å². The van der Waals surface area contributed by atoms with Crippen molar-refractivity contribution in [2.45, 2.75) is 26.3 Å². The fourth-order valence-electron chi connectivity index (χ4n) is 3.13. The molecule has 1 amide bonds. The van der Waals surface area contributed by atoms with Gasteiger partial charge in [0.1, 0.15) is 0 Å². The Morgan fingerprint density at radius 2 is 2.00 bits per heavy atom. The first-order valence-electron chi connectivity index (χ1n) is 8.02. The molecular weight excluding hydrogens is 296 g/mol. The van der Waals surface area contributed by atoms with Crippen molar-refractivity contribution in [3.05, 3.63) is 11.3 Å². The van der Waals surface area contributed by atoms with Gasteiger partial charge in [-0.05, 0) is 30.1 Å². The first-order valence-corrected chi connectivity index (χ1v) is 8.02. The van der Waals surface area contributed by atoms with Crippen LogP contribution in [-0.4, -0.2) is 57.2 Å². The van der Waals surface area contributed by atoms with Gasteiger partial charge in [0, 0.05) is 49.9 Å². The van der Waals surface area contributed by atoms with Crippen LogP contribution in [0.1, 0.15) is 24.1 Å². The number of pyridine rings is 1. The number of aryl methyl sites for hydroxylation is 1. The van der Waals surface area contributed by atoms with Crippen molar-refractivity contribution in [1.29, 1.82) is 0 Å². The molecule has 2 N–H and O–H groups in total. The molecule has 0 radical (unpaired) electrons. The van der Waals surface area contributed by atoms with Crippen LogP contribution in [0.25, 0.3) is 11.2 Å². The van der Waals surface area contributed by atoms with Gasteiger partial charge in [-0.3, -0.25) is 9.69 Å². The third-order valence-electron chi connectivity index (χ3n) is 4.75. The van der Waals surface area contributed by atoms with E-state index in [9.17, 15) is 4.79 Å². The van der Waals surface area contributed by atoms with Gasteiger partial charge in [0.2, 0.25) is 11.6 Å². The zero-order valence-electron chi connectivity index (χ0n) is 13.2. The summed E-state index contributed by atoms with van der Waals surface area (Å²) in [6.45, 7) is 5.91. The first-order chi connectivity index (χ1) is 11.1. The summed E-state index contributed by atoms with van der Waals surface area (Å²) >= 11 is 0. The highest BCUT2D eigenvalue weighted by atomic mass is 16.6. The van der Waals surface area contributed by atoms with Crippen LogP contribution in [0.3, 0.4) is 0 Å². The second-order valence-corrected chi connectivity index (χ2v) is 6.40. The highest BCUT2D eigenvalue weighted by Crippen LogP contribution is 2.31. The number of nitrogens with zero attached hydrogens (tertiary/aromatic N) is 5. The second kappa shape index (κ2) is 5.45. The second-order valence-electron chi connectivity index (χ2n) is 6.40. The first kappa shape index (κ1) is 14.4. The normalized spacial score (nSPS) is 19.4. The summed E-state index contributed by atoms with van der Waals surface area (Å²) in [6.07, 6.45) is 2.12. The number of fused-ring (bicyclic) bond motifs is 1. The topological polar surface area (TPSA) is 101 Å². The minimum Gasteiger partial charge on any atom is -0.396 e. The third kappa shape index (κ3) is 2.63. The van der Waals surface area contributed by atoms with Gasteiger partial charge in [0.05, 0.1) is 5.69 Å². The Labute approximate surface area is 133 Å². The minimum atomic E-state index is 0.297. The number of aromatic nitrogens is 3.